The molecule has 3 aromatic rings. The van der Waals surface area contributed by atoms with Gasteiger partial charge in [0.25, 0.3) is 5.91 Å². The Balaban J connectivity index is 1.69. The first-order valence-electron chi connectivity index (χ1n) is 10.1. The molecule has 2 aromatic heterocycles. The fourth-order valence-electron chi connectivity index (χ4n) is 3.83. The average Bonchev–Trinajstić information content (AvgIpc) is 3.10. The molecule has 1 amide bonds. The lowest BCUT2D eigenvalue weighted by Crippen LogP contribution is -2.21. The molecule has 2 heterocycles. The van der Waals surface area contributed by atoms with Crippen LogP contribution in [0.25, 0.3) is 10.2 Å². The largest absolute Gasteiger partial charge is 0.386 e. The van der Waals surface area contributed by atoms with E-state index in [1.165, 1.54) is 31.9 Å². The number of aromatic nitrogens is 3. The van der Waals surface area contributed by atoms with E-state index in [0.29, 0.717) is 22.9 Å². The Morgan fingerprint density at radius 3 is 2.60 bits per heavy atom. The van der Waals surface area contributed by atoms with Gasteiger partial charge in [-0.2, -0.15) is 0 Å². The van der Waals surface area contributed by atoms with E-state index >= 15 is 0 Å². The van der Waals surface area contributed by atoms with Gasteiger partial charge in [-0.1, -0.05) is 22.6 Å². The third kappa shape index (κ3) is 4.65. The number of thiazole rings is 1. The molecule has 1 aromatic carbocycles. The number of amides is 1. The number of carbonyl (C=O) groups is 1. The Bertz CT molecular complexity index is 1080. The van der Waals surface area contributed by atoms with Gasteiger partial charge in [0.1, 0.15) is 5.69 Å². The molecule has 0 spiro atoms. The minimum absolute atomic E-state index is 0.248. The van der Waals surface area contributed by atoms with Crippen molar-refractivity contribution in [2.24, 2.45) is 0 Å². The number of hydrogen-bond donors (Lipinski definition) is 2. The number of rotatable bonds is 4. The first-order chi connectivity index (χ1) is 14.2. The van der Waals surface area contributed by atoms with Gasteiger partial charge in [-0.15, -0.1) is 11.3 Å². The van der Waals surface area contributed by atoms with Gasteiger partial charge >= 0.3 is 0 Å². The van der Waals surface area contributed by atoms with Crippen LogP contribution in [0.2, 0.25) is 0 Å². The van der Waals surface area contributed by atoms with Gasteiger partial charge in [-0.25, -0.2) is 9.97 Å². The number of aliphatic hydroxyl groups is 1. The summed E-state index contributed by atoms with van der Waals surface area (Å²) in [5, 5.41) is 14.8. The zero-order valence-corrected chi connectivity index (χ0v) is 20.2. The highest BCUT2D eigenvalue weighted by atomic mass is 127. The van der Waals surface area contributed by atoms with Crippen molar-refractivity contribution in [1.82, 2.24) is 15.0 Å². The van der Waals surface area contributed by atoms with Crippen molar-refractivity contribution >= 4 is 55.7 Å². The molecule has 1 aliphatic carbocycles. The van der Waals surface area contributed by atoms with Crippen LogP contribution in [0.4, 0.5) is 5.69 Å². The number of nitrogens with zero attached hydrogens (tertiary/aromatic N) is 3. The Morgan fingerprint density at radius 2 is 1.93 bits per heavy atom. The second kappa shape index (κ2) is 8.47. The Labute approximate surface area is 193 Å². The minimum Gasteiger partial charge on any atom is -0.386 e. The third-order valence-electron chi connectivity index (χ3n) is 5.45. The van der Waals surface area contributed by atoms with Crippen LogP contribution in [-0.2, 0) is 5.60 Å². The molecule has 8 heteroatoms. The molecule has 0 aliphatic heterocycles. The topological polar surface area (TPSA) is 88.0 Å². The van der Waals surface area contributed by atoms with Gasteiger partial charge in [0.15, 0.2) is 0 Å². The van der Waals surface area contributed by atoms with E-state index in [1.807, 2.05) is 12.1 Å². The number of aryl methyl sites for hydroxylation is 1. The normalized spacial score (nSPS) is 19.8. The molecule has 1 aliphatic rings. The number of halogens is 1. The maximum absolute atomic E-state index is 12.8. The van der Waals surface area contributed by atoms with Gasteiger partial charge < -0.3 is 10.4 Å². The first-order valence-corrected chi connectivity index (χ1v) is 12.2. The maximum atomic E-state index is 12.8. The summed E-state index contributed by atoms with van der Waals surface area (Å²) < 4.78 is 1.78. The summed E-state index contributed by atoms with van der Waals surface area (Å²) in [5.41, 5.74) is 1.88. The standard InChI is InChI=1S/C22H25IN4O2S/c1-12-10-24-11-18(25-12)20(28)26-16-9-19-17(8-15(16)22(2,3)29)27-21(30-19)13-4-6-14(23)7-5-13/h8-11,13-14,29H,4-7H2,1-3H3,(H,26,28). The summed E-state index contributed by atoms with van der Waals surface area (Å²) in [6, 6.07) is 3.83. The zero-order valence-electron chi connectivity index (χ0n) is 17.3. The molecule has 1 fully saturated rings. The highest BCUT2D eigenvalue weighted by Gasteiger charge is 2.26. The summed E-state index contributed by atoms with van der Waals surface area (Å²) in [4.78, 5) is 25.9. The van der Waals surface area contributed by atoms with Crippen molar-refractivity contribution in [3.05, 3.63) is 46.5 Å². The van der Waals surface area contributed by atoms with Crippen molar-refractivity contribution < 1.29 is 9.90 Å². The third-order valence-corrected chi connectivity index (χ3v) is 7.87. The van der Waals surface area contributed by atoms with E-state index in [-0.39, 0.29) is 11.6 Å². The fourth-order valence-corrected chi connectivity index (χ4v) is 5.71. The highest BCUT2D eigenvalue weighted by Crippen LogP contribution is 2.41. The maximum Gasteiger partial charge on any atom is 0.275 e. The Morgan fingerprint density at radius 1 is 1.20 bits per heavy atom. The Hall–Kier alpha value is -1.65. The van der Waals surface area contributed by atoms with Crippen LogP contribution in [-0.4, -0.2) is 29.9 Å². The van der Waals surface area contributed by atoms with Gasteiger partial charge in [-0.05, 0) is 58.6 Å². The van der Waals surface area contributed by atoms with Crippen LogP contribution in [0.5, 0.6) is 0 Å². The smallest absolute Gasteiger partial charge is 0.275 e. The number of fused-ring (bicyclic) bond motifs is 1. The van der Waals surface area contributed by atoms with Gasteiger partial charge in [0.2, 0.25) is 0 Å². The van der Waals surface area contributed by atoms with Crippen LogP contribution >= 0.6 is 33.9 Å². The lowest BCUT2D eigenvalue weighted by molar-refractivity contribution is 0.0794. The van der Waals surface area contributed by atoms with E-state index < -0.39 is 5.60 Å². The average molecular weight is 536 g/mol. The number of hydrogen-bond acceptors (Lipinski definition) is 6. The van der Waals surface area contributed by atoms with E-state index in [4.69, 9.17) is 4.98 Å². The monoisotopic (exact) mass is 536 g/mol. The van der Waals surface area contributed by atoms with Crippen molar-refractivity contribution in [1.29, 1.82) is 0 Å². The minimum atomic E-state index is -1.13. The van der Waals surface area contributed by atoms with Crippen molar-refractivity contribution in [3.8, 4) is 0 Å². The van der Waals surface area contributed by atoms with Crippen molar-refractivity contribution in [2.75, 3.05) is 5.32 Å². The van der Waals surface area contributed by atoms with E-state index in [2.05, 4.69) is 37.9 Å². The predicted octanol–water partition coefficient (Wildman–Crippen LogP) is 5.34. The van der Waals surface area contributed by atoms with E-state index in [1.54, 1.807) is 38.3 Å². The van der Waals surface area contributed by atoms with E-state index in [9.17, 15) is 9.90 Å². The number of anilines is 1. The Kier molecular flexibility index (Phi) is 6.09. The molecule has 0 saturated heterocycles. The fraction of sp³-hybridized carbons (Fsp3) is 0.455. The number of benzene rings is 1. The SMILES string of the molecule is Cc1cncc(C(=O)Nc2cc3sc(C4CCC(I)CC4)nc3cc2C(C)(C)O)n1. The molecule has 0 radical (unpaired) electrons. The molecule has 0 unspecified atom stereocenters. The van der Waals surface area contributed by atoms with Crippen LogP contribution < -0.4 is 5.32 Å². The molecule has 6 nitrogen and oxygen atoms in total. The predicted molar refractivity (Wildman–Crippen MR) is 129 cm³/mol. The molecule has 2 N–H and O–H groups in total. The molecular formula is C22H25IN4O2S. The summed E-state index contributed by atoms with van der Waals surface area (Å²) in [5.74, 6) is 0.153. The summed E-state index contributed by atoms with van der Waals surface area (Å²) in [6.45, 7) is 5.22. The van der Waals surface area contributed by atoms with Crippen LogP contribution in [0, 0.1) is 6.92 Å². The lowest BCUT2D eigenvalue weighted by atomic mass is 9.90. The van der Waals surface area contributed by atoms with Gasteiger partial charge in [-0.3, -0.25) is 9.78 Å². The van der Waals surface area contributed by atoms with E-state index in [0.717, 1.165) is 19.1 Å². The van der Waals surface area contributed by atoms with Gasteiger partial charge in [0, 0.05) is 27.3 Å². The quantitative estimate of drug-likeness (QED) is 0.348. The number of carbonyl (C=O) groups excluding carboxylic acids is 1. The summed E-state index contributed by atoms with van der Waals surface area (Å²) in [7, 11) is 0. The molecule has 0 bridgehead atoms. The molecule has 0 atom stereocenters. The molecule has 4 rings (SSSR count). The first kappa shape index (κ1) is 21.6. The van der Waals surface area contributed by atoms with Crippen LogP contribution in [0.1, 0.15) is 72.2 Å². The second-order valence-corrected chi connectivity index (χ2v) is 11.2. The summed E-state index contributed by atoms with van der Waals surface area (Å²) >= 11 is 4.23. The zero-order chi connectivity index (χ0) is 21.5. The van der Waals surface area contributed by atoms with Gasteiger partial charge in [0.05, 0.1) is 32.7 Å². The molecular weight excluding hydrogens is 511 g/mol. The highest BCUT2D eigenvalue weighted by molar-refractivity contribution is 14.1. The number of alkyl halides is 1. The lowest BCUT2D eigenvalue weighted by Gasteiger charge is -2.23. The van der Waals surface area contributed by atoms with Crippen LogP contribution in [0.3, 0.4) is 0 Å². The van der Waals surface area contributed by atoms with Crippen molar-refractivity contribution in [3.63, 3.8) is 0 Å². The second-order valence-electron chi connectivity index (χ2n) is 8.43. The van der Waals surface area contributed by atoms with Crippen LogP contribution in [0.15, 0.2) is 24.5 Å². The molecule has 1 saturated carbocycles. The number of nitrogens with one attached hydrogen (secondary N) is 1. The molecule has 158 valence electrons. The van der Waals surface area contributed by atoms with Crippen molar-refractivity contribution in [2.45, 2.75) is 61.9 Å². The summed E-state index contributed by atoms with van der Waals surface area (Å²) in [6.07, 6.45) is 7.85. The molecule has 30 heavy (non-hydrogen) atoms.